The molecule has 0 radical (unpaired) electrons. The van der Waals surface area contributed by atoms with Gasteiger partial charge in [0.05, 0.1) is 0 Å². The summed E-state index contributed by atoms with van der Waals surface area (Å²) in [5.74, 6) is 1.52. The Hall–Kier alpha value is -1.58. The van der Waals surface area contributed by atoms with Crippen molar-refractivity contribution in [3.63, 3.8) is 0 Å². The second-order valence-electron chi connectivity index (χ2n) is 4.81. The van der Waals surface area contributed by atoms with Gasteiger partial charge in [-0.3, -0.25) is 0 Å². The molecular weight excluding hydrogens is 290 g/mol. The minimum atomic E-state index is 0.396. The molecule has 20 heavy (non-hydrogen) atoms. The first-order valence-electron chi connectivity index (χ1n) is 6.23. The lowest BCUT2D eigenvalue weighted by atomic mass is 10.1. The van der Waals surface area contributed by atoms with E-state index in [1.165, 1.54) is 0 Å². The molecule has 0 heterocycles. The fourth-order valence-corrected chi connectivity index (χ4v) is 2.42. The highest BCUT2D eigenvalue weighted by Gasteiger charge is 2.07. The van der Waals surface area contributed by atoms with Crippen molar-refractivity contribution in [2.45, 2.75) is 20.8 Å². The Labute approximate surface area is 129 Å². The molecule has 0 saturated heterocycles. The van der Waals surface area contributed by atoms with E-state index in [9.17, 15) is 0 Å². The fourth-order valence-electron chi connectivity index (χ4n) is 2.08. The summed E-state index contributed by atoms with van der Waals surface area (Å²) < 4.78 is 5.87. The number of ether oxygens (including phenoxy) is 1. The molecule has 0 spiro atoms. The van der Waals surface area contributed by atoms with Crippen LogP contribution in [-0.4, -0.2) is 4.99 Å². The molecule has 0 fully saturated rings. The second-order valence-corrected chi connectivity index (χ2v) is 5.63. The third-order valence-corrected chi connectivity index (χ3v) is 3.93. The highest BCUT2D eigenvalue weighted by atomic mass is 35.5. The van der Waals surface area contributed by atoms with E-state index in [0.29, 0.717) is 4.99 Å². The molecule has 0 saturated carbocycles. The van der Waals surface area contributed by atoms with E-state index in [2.05, 4.69) is 0 Å². The molecule has 0 atom stereocenters. The summed E-state index contributed by atoms with van der Waals surface area (Å²) in [5, 5.41) is 0.775. The zero-order valence-electron chi connectivity index (χ0n) is 11.7. The topological polar surface area (TPSA) is 35.2 Å². The largest absolute Gasteiger partial charge is 0.457 e. The number of aryl methyl sites for hydroxylation is 3. The first-order chi connectivity index (χ1) is 9.38. The SMILES string of the molecule is Cc1cc(Oc2cc(C)c(Cl)c(C)c2)ccc1C(N)=S. The molecule has 0 bridgehead atoms. The maximum absolute atomic E-state index is 6.15. The quantitative estimate of drug-likeness (QED) is 0.835. The molecular formula is C16H16ClNOS. The van der Waals surface area contributed by atoms with Crippen LogP contribution in [0.4, 0.5) is 0 Å². The summed E-state index contributed by atoms with van der Waals surface area (Å²) in [6.07, 6.45) is 0. The summed E-state index contributed by atoms with van der Waals surface area (Å²) in [7, 11) is 0. The van der Waals surface area contributed by atoms with Gasteiger partial charge >= 0.3 is 0 Å². The molecule has 0 aliphatic rings. The van der Waals surface area contributed by atoms with Crippen LogP contribution < -0.4 is 10.5 Å². The van der Waals surface area contributed by atoms with Crippen molar-refractivity contribution in [2.75, 3.05) is 0 Å². The Morgan fingerprint density at radius 1 is 1.00 bits per heavy atom. The van der Waals surface area contributed by atoms with Gasteiger partial charge in [0.1, 0.15) is 16.5 Å². The van der Waals surface area contributed by atoms with E-state index in [1.807, 2.05) is 51.1 Å². The number of hydrogen-bond donors (Lipinski definition) is 1. The van der Waals surface area contributed by atoms with E-state index in [0.717, 1.165) is 38.8 Å². The van der Waals surface area contributed by atoms with Gasteiger partial charge in [-0.2, -0.15) is 0 Å². The van der Waals surface area contributed by atoms with Crippen LogP contribution in [0.25, 0.3) is 0 Å². The zero-order valence-corrected chi connectivity index (χ0v) is 13.2. The standard InChI is InChI=1S/C16H16ClNOS/c1-9-6-12(4-5-14(9)16(18)20)19-13-7-10(2)15(17)11(3)8-13/h4-8H,1-3H3,(H2,18,20). The van der Waals surface area contributed by atoms with Crippen LogP contribution >= 0.6 is 23.8 Å². The minimum Gasteiger partial charge on any atom is -0.457 e. The number of halogens is 1. The van der Waals surface area contributed by atoms with Gasteiger partial charge in [0, 0.05) is 10.6 Å². The Morgan fingerprint density at radius 2 is 1.55 bits per heavy atom. The third-order valence-electron chi connectivity index (χ3n) is 3.11. The lowest BCUT2D eigenvalue weighted by Gasteiger charge is -2.11. The van der Waals surface area contributed by atoms with E-state index in [1.54, 1.807) is 0 Å². The molecule has 2 nitrogen and oxygen atoms in total. The first-order valence-corrected chi connectivity index (χ1v) is 7.02. The summed E-state index contributed by atoms with van der Waals surface area (Å²) in [5.41, 5.74) is 9.51. The Morgan fingerprint density at radius 3 is 2.05 bits per heavy atom. The lowest BCUT2D eigenvalue weighted by Crippen LogP contribution is -2.10. The van der Waals surface area contributed by atoms with Crippen LogP contribution in [0, 0.1) is 20.8 Å². The number of rotatable bonds is 3. The second kappa shape index (κ2) is 5.81. The van der Waals surface area contributed by atoms with Crippen molar-refractivity contribution in [1.82, 2.24) is 0 Å². The number of benzene rings is 2. The first kappa shape index (κ1) is 14.8. The summed E-state index contributed by atoms with van der Waals surface area (Å²) in [6.45, 7) is 5.88. The van der Waals surface area contributed by atoms with Crippen molar-refractivity contribution in [1.29, 1.82) is 0 Å². The molecule has 2 rings (SSSR count). The molecule has 2 aromatic rings. The molecule has 2 N–H and O–H groups in total. The monoisotopic (exact) mass is 305 g/mol. The van der Waals surface area contributed by atoms with Crippen molar-refractivity contribution in [2.24, 2.45) is 5.73 Å². The average molecular weight is 306 g/mol. The molecule has 2 aromatic carbocycles. The molecule has 4 heteroatoms. The molecule has 0 aliphatic heterocycles. The maximum atomic E-state index is 6.15. The van der Waals surface area contributed by atoms with E-state index in [-0.39, 0.29) is 0 Å². The van der Waals surface area contributed by atoms with Gasteiger partial charge in [0.25, 0.3) is 0 Å². The van der Waals surface area contributed by atoms with Gasteiger partial charge in [-0.05, 0) is 67.8 Å². The minimum absolute atomic E-state index is 0.396. The van der Waals surface area contributed by atoms with Gasteiger partial charge < -0.3 is 10.5 Å². The Bertz CT molecular complexity index is 659. The van der Waals surface area contributed by atoms with Crippen LogP contribution in [0.1, 0.15) is 22.3 Å². The van der Waals surface area contributed by atoms with Crippen LogP contribution in [-0.2, 0) is 0 Å². The van der Waals surface area contributed by atoms with E-state index < -0.39 is 0 Å². The Balaban J connectivity index is 2.31. The highest BCUT2D eigenvalue weighted by molar-refractivity contribution is 7.80. The summed E-state index contributed by atoms with van der Waals surface area (Å²) in [4.78, 5) is 0.396. The van der Waals surface area contributed by atoms with Crippen molar-refractivity contribution in [3.05, 3.63) is 57.6 Å². The summed E-state index contributed by atoms with van der Waals surface area (Å²) >= 11 is 11.1. The maximum Gasteiger partial charge on any atom is 0.128 e. The number of nitrogens with two attached hydrogens (primary N) is 1. The smallest absolute Gasteiger partial charge is 0.128 e. The average Bonchev–Trinajstić information content (AvgIpc) is 2.35. The number of hydrogen-bond acceptors (Lipinski definition) is 2. The van der Waals surface area contributed by atoms with Crippen LogP contribution in [0.2, 0.25) is 5.02 Å². The molecule has 104 valence electrons. The van der Waals surface area contributed by atoms with Crippen molar-refractivity contribution < 1.29 is 4.74 Å². The van der Waals surface area contributed by atoms with Crippen LogP contribution in [0.3, 0.4) is 0 Å². The van der Waals surface area contributed by atoms with E-state index in [4.69, 9.17) is 34.3 Å². The number of thiocarbonyl (C=S) groups is 1. The van der Waals surface area contributed by atoms with Crippen LogP contribution in [0.5, 0.6) is 11.5 Å². The van der Waals surface area contributed by atoms with Crippen LogP contribution in [0.15, 0.2) is 30.3 Å². The van der Waals surface area contributed by atoms with Gasteiger partial charge in [0.2, 0.25) is 0 Å². The summed E-state index contributed by atoms with van der Waals surface area (Å²) in [6, 6.07) is 9.51. The normalized spacial score (nSPS) is 10.4. The molecule has 0 amide bonds. The van der Waals surface area contributed by atoms with Gasteiger partial charge in [0.15, 0.2) is 0 Å². The van der Waals surface area contributed by atoms with Crippen molar-refractivity contribution in [3.8, 4) is 11.5 Å². The highest BCUT2D eigenvalue weighted by Crippen LogP contribution is 2.29. The zero-order chi connectivity index (χ0) is 14.9. The Kier molecular flexibility index (Phi) is 4.31. The molecule has 0 aliphatic carbocycles. The predicted octanol–water partition coefficient (Wildman–Crippen LogP) is 4.69. The van der Waals surface area contributed by atoms with Gasteiger partial charge in [-0.25, -0.2) is 0 Å². The molecule has 0 aromatic heterocycles. The van der Waals surface area contributed by atoms with Gasteiger partial charge in [-0.1, -0.05) is 23.8 Å². The van der Waals surface area contributed by atoms with Gasteiger partial charge in [-0.15, -0.1) is 0 Å². The van der Waals surface area contributed by atoms with E-state index >= 15 is 0 Å². The third kappa shape index (κ3) is 3.11. The lowest BCUT2D eigenvalue weighted by molar-refractivity contribution is 0.481. The van der Waals surface area contributed by atoms with Crippen molar-refractivity contribution >= 4 is 28.8 Å². The fraction of sp³-hybridized carbons (Fsp3) is 0.188. The molecule has 0 unspecified atom stereocenters. The predicted molar refractivity (Wildman–Crippen MR) is 88.1 cm³/mol.